The van der Waals surface area contributed by atoms with Crippen LogP contribution in [0.15, 0.2) is 24.3 Å². The fourth-order valence-corrected chi connectivity index (χ4v) is 1.73. The van der Waals surface area contributed by atoms with E-state index in [2.05, 4.69) is 13.8 Å². The van der Waals surface area contributed by atoms with Crippen LogP contribution < -0.4 is 10.5 Å². The second kappa shape index (κ2) is 6.55. The number of nitrogens with two attached hydrogens (primary N) is 1. The molecule has 1 atom stereocenters. The molecule has 0 aliphatic rings. The lowest BCUT2D eigenvalue weighted by Gasteiger charge is -2.14. The predicted octanol–water partition coefficient (Wildman–Crippen LogP) is 3.09. The third kappa shape index (κ3) is 4.49. The lowest BCUT2D eigenvalue weighted by Crippen LogP contribution is -2.35. The first kappa shape index (κ1) is 14.7. The Morgan fingerprint density at radius 2 is 1.94 bits per heavy atom. The molecule has 0 saturated heterocycles. The van der Waals surface area contributed by atoms with E-state index in [1.807, 2.05) is 32.0 Å². The van der Waals surface area contributed by atoms with E-state index in [9.17, 15) is 4.79 Å². The number of carbonyl (C=O) groups excluding carboxylic acids is 1. The van der Waals surface area contributed by atoms with Crippen LogP contribution in [0.2, 0.25) is 0 Å². The van der Waals surface area contributed by atoms with Gasteiger partial charge in [-0.25, -0.2) is 4.79 Å². The van der Waals surface area contributed by atoms with Gasteiger partial charge in [-0.1, -0.05) is 39.8 Å². The fraction of sp³-hybridized carbons (Fsp3) is 0.533. The topological polar surface area (TPSA) is 52.3 Å². The number of rotatable bonds is 5. The largest absolute Gasteiger partial charge is 0.425 e. The maximum atomic E-state index is 11.8. The molecular formula is C15H23NO2. The fourth-order valence-electron chi connectivity index (χ4n) is 1.73. The molecule has 0 bridgehead atoms. The molecule has 1 aromatic rings. The molecule has 0 spiro atoms. The Hall–Kier alpha value is -1.35. The van der Waals surface area contributed by atoms with E-state index >= 15 is 0 Å². The molecule has 0 aliphatic carbocycles. The summed E-state index contributed by atoms with van der Waals surface area (Å²) in [6.07, 6.45) is 0.642. The Morgan fingerprint density at radius 1 is 1.28 bits per heavy atom. The van der Waals surface area contributed by atoms with Crippen molar-refractivity contribution in [2.45, 2.75) is 46.1 Å². The minimum Gasteiger partial charge on any atom is -0.425 e. The molecule has 3 nitrogen and oxygen atoms in total. The average Bonchev–Trinajstić information content (AvgIpc) is 2.28. The highest BCUT2D eigenvalue weighted by molar-refractivity contribution is 5.77. The van der Waals surface area contributed by atoms with Crippen LogP contribution >= 0.6 is 0 Å². The monoisotopic (exact) mass is 249 g/mol. The quantitative estimate of drug-likeness (QED) is 0.644. The van der Waals surface area contributed by atoms with Gasteiger partial charge >= 0.3 is 5.97 Å². The molecule has 0 amide bonds. The number of esters is 1. The molecule has 100 valence electrons. The summed E-state index contributed by atoms with van der Waals surface area (Å²) >= 11 is 0. The Morgan fingerprint density at radius 3 is 2.50 bits per heavy atom. The maximum absolute atomic E-state index is 11.8. The van der Waals surface area contributed by atoms with E-state index in [-0.39, 0.29) is 5.97 Å². The van der Waals surface area contributed by atoms with Gasteiger partial charge in [0.15, 0.2) is 0 Å². The number of carbonyl (C=O) groups is 1. The second-order valence-corrected chi connectivity index (χ2v) is 5.38. The van der Waals surface area contributed by atoms with Crippen molar-refractivity contribution in [1.29, 1.82) is 0 Å². The van der Waals surface area contributed by atoms with Gasteiger partial charge < -0.3 is 10.5 Å². The number of hydrogen-bond donors (Lipinski definition) is 1. The van der Waals surface area contributed by atoms with Gasteiger partial charge in [0.1, 0.15) is 11.8 Å². The van der Waals surface area contributed by atoms with E-state index < -0.39 is 6.04 Å². The zero-order valence-corrected chi connectivity index (χ0v) is 11.6. The van der Waals surface area contributed by atoms with Crippen LogP contribution in [0.4, 0.5) is 0 Å². The van der Waals surface area contributed by atoms with Gasteiger partial charge in [0.25, 0.3) is 0 Å². The van der Waals surface area contributed by atoms with Crippen molar-refractivity contribution in [3.8, 4) is 5.75 Å². The van der Waals surface area contributed by atoms with Crippen LogP contribution in [-0.4, -0.2) is 12.0 Å². The van der Waals surface area contributed by atoms with Gasteiger partial charge in [-0.2, -0.15) is 0 Å². The minimum absolute atomic E-state index is 0.357. The van der Waals surface area contributed by atoms with Gasteiger partial charge in [-0.05, 0) is 36.0 Å². The summed E-state index contributed by atoms with van der Waals surface area (Å²) in [5.74, 6) is 1.01. The Bertz CT molecular complexity index is 399. The van der Waals surface area contributed by atoms with Crippen LogP contribution in [0.5, 0.6) is 5.75 Å². The van der Waals surface area contributed by atoms with Gasteiger partial charge in [0.2, 0.25) is 0 Å². The van der Waals surface area contributed by atoms with Crippen molar-refractivity contribution in [1.82, 2.24) is 0 Å². The first-order valence-electron chi connectivity index (χ1n) is 6.47. The zero-order valence-electron chi connectivity index (χ0n) is 11.6. The molecule has 0 heterocycles. The Kier molecular flexibility index (Phi) is 5.35. The van der Waals surface area contributed by atoms with Gasteiger partial charge in [0.05, 0.1) is 0 Å². The molecule has 0 radical (unpaired) electrons. The summed E-state index contributed by atoms with van der Waals surface area (Å²) in [5, 5.41) is 0. The van der Waals surface area contributed by atoms with E-state index in [1.54, 1.807) is 6.07 Å². The smallest absolute Gasteiger partial charge is 0.328 e. The number of hydrogen-bond acceptors (Lipinski definition) is 3. The normalized spacial score (nSPS) is 12.8. The van der Waals surface area contributed by atoms with Gasteiger partial charge in [0, 0.05) is 0 Å². The van der Waals surface area contributed by atoms with Crippen LogP contribution in [-0.2, 0) is 4.79 Å². The number of benzene rings is 1. The van der Waals surface area contributed by atoms with Crippen molar-refractivity contribution < 1.29 is 9.53 Å². The van der Waals surface area contributed by atoms with Crippen LogP contribution in [0.1, 0.15) is 45.6 Å². The summed E-state index contributed by atoms with van der Waals surface area (Å²) in [6, 6.07) is 7.05. The molecule has 0 aliphatic heterocycles. The summed E-state index contributed by atoms with van der Waals surface area (Å²) in [7, 11) is 0. The van der Waals surface area contributed by atoms with Gasteiger partial charge in [-0.15, -0.1) is 0 Å². The number of ether oxygens (including phenoxy) is 1. The van der Waals surface area contributed by atoms with E-state index in [4.69, 9.17) is 10.5 Å². The van der Waals surface area contributed by atoms with Crippen molar-refractivity contribution in [3.63, 3.8) is 0 Å². The van der Waals surface area contributed by atoms with E-state index in [0.29, 0.717) is 24.0 Å². The van der Waals surface area contributed by atoms with Crippen molar-refractivity contribution in [2.24, 2.45) is 11.7 Å². The maximum Gasteiger partial charge on any atom is 0.328 e. The lowest BCUT2D eigenvalue weighted by molar-refractivity contribution is -0.136. The average molecular weight is 249 g/mol. The van der Waals surface area contributed by atoms with E-state index in [0.717, 1.165) is 5.56 Å². The minimum atomic E-state index is -0.548. The molecule has 0 fully saturated rings. The molecule has 0 aromatic heterocycles. The third-order valence-electron chi connectivity index (χ3n) is 2.77. The lowest BCUT2D eigenvalue weighted by atomic mass is 10.0. The summed E-state index contributed by atoms with van der Waals surface area (Å²) < 4.78 is 5.30. The van der Waals surface area contributed by atoms with Crippen LogP contribution in [0, 0.1) is 5.92 Å². The molecule has 3 heteroatoms. The Labute approximate surface area is 109 Å². The van der Waals surface area contributed by atoms with E-state index in [1.165, 1.54) is 0 Å². The van der Waals surface area contributed by atoms with Crippen molar-refractivity contribution in [2.75, 3.05) is 0 Å². The highest BCUT2D eigenvalue weighted by Crippen LogP contribution is 2.20. The molecule has 0 saturated carbocycles. The first-order chi connectivity index (χ1) is 8.40. The highest BCUT2D eigenvalue weighted by Gasteiger charge is 2.17. The van der Waals surface area contributed by atoms with Gasteiger partial charge in [-0.3, -0.25) is 0 Å². The molecular weight excluding hydrogens is 226 g/mol. The van der Waals surface area contributed by atoms with Crippen molar-refractivity contribution in [3.05, 3.63) is 29.8 Å². The summed E-state index contributed by atoms with van der Waals surface area (Å²) in [5.41, 5.74) is 6.94. The molecule has 1 unspecified atom stereocenters. The van der Waals surface area contributed by atoms with Crippen LogP contribution in [0.25, 0.3) is 0 Å². The van der Waals surface area contributed by atoms with Crippen molar-refractivity contribution >= 4 is 5.97 Å². The Balaban J connectivity index is 2.67. The molecule has 18 heavy (non-hydrogen) atoms. The summed E-state index contributed by atoms with van der Waals surface area (Å²) in [4.78, 5) is 11.8. The zero-order chi connectivity index (χ0) is 13.7. The molecule has 1 rings (SSSR count). The molecule has 2 N–H and O–H groups in total. The predicted molar refractivity (Wildman–Crippen MR) is 73.6 cm³/mol. The SMILES string of the molecule is CC(C)CC(N)C(=O)Oc1cccc(C(C)C)c1. The standard InChI is InChI=1S/C15H23NO2/c1-10(2)8-14(16)15(17)18-13-7-5-6-12(9-13)11(3)4/h5-7,9-11,14H,8,16H2,1-4H3. The van der Waals surface area contributed by atoms with Crippen LogP contribution in [0.3, 0.4) is 0 Å². The molecule has 1 aromatic carbocycles. The summed E-state index contributed by atoms with van der Waals surface area (Å²) in [6.45, 7) is 8.27. The second-order valence-electron chi connectivity index (χ2n) is 5.38. The highest BCUT2D eigenvalue weighted by atomic mass is 16.5. The first-order valence-corrected chi connectivity index (χ1v) is 6.47. The third-order valence-corrected chi connectivity index (χ3v) is 2.77.